The summed E-state index contributed by atoms with van der Waals surface area (Å²) in [6.07, 6.45) is 0.809. The third-order valence-corrected chi connectivity index (χ3v) is 8.83. The number of thiophene rings is 1. The normalized spacial score (nSPS) is 13.3. The predicted molar refractivity (Wildman–Crippen MR) is 159 cm³/mol. The summed E-state index contributed by atoms with van der Waals surface area (Å²) in [4.78, 5) is 31.3. The summed E-state index contributed by atoms with van der Waals surface area (Å²) >= 11 is 16.2. The lowest BCUT2D eigenvalue weighted by Crippen LogP contribution is -2.42. The quantitative estimate of drug-likeness (QED) is 0.259. The Kier molecular flexibility index (Phi) is 9.31. The molecule has 0 unspecified atom stereocenters. The molecule has 0 saturated heterocycles. The molecule has 6 nitrogen and oxygen atoms in total. The van der Waals surface area contributed by atoms with E-state index in [4.69, 9.17) is 27.9 Å². The van der Waals surface area contributed by atoms with Gasteiger partial charge in [-0.15, -0.1) is 23.1 Å². The van der Waals surface area contributed by atoms with Crippen molar-refractivity contribution in [1.29, 1.82) is 0 Å². The standard InChI is InChI=1S/C28H32Cl2N3O3S2/c1-31(12-14-33(2,3)4)26(34)10-9-19-17-21(30)24(18-20(19)29)36-23-11-15-38-27(23)28(35)32-13-16-37-25-8-6-5-7-22(25)32/h5-8,11,15,17-18H,9-10,12-14,16H2,1-4H3/q+1. The van der Waals surface area contributed by atoms with Crippen molar-refractivity contribution in [3.63, 3.8) is 0 Å². The molecule has 2 amide bonds. The first kappa shape index (κ1) is 28.8. The van der Waals surface area contributed by atoms with Gasteiger partial charge in [0, 0.05) is 41.8 Å². The van der Waals surface area contributed by atoms with Crippen molar-refractivity contribution in [3.8, 4) is 11.5 Å². The number of halogens is 2. The molecule has 38 heavy (non-hydrogen) atoms. The second-order valence-electron chi connectivity index (χ2n) is 10.2. The maximum Gasteiger partial charge on any atom is 0.272 e. The predicted octanol–water partition coefficient (Wildman–Crippen LogP) is 6.70. The number of amides is 2. The molecule has 0 atom stereocenters. The van der Waals surface area contributed by atoms with Crippen molar-refractivity contribution >= 4 is 63.8 Å². The summed E-state index contributed by atoms with van der Waals surface area (Å²) in [5, 5.41) is 2.67. The average molecular weight is 594 g/mol. The number of quaternary nitrogens is 1. The molecule has 0 N–H and O–H groups in total. The number of hydrogen-bond donors (Lipinski definition) is 0. The third-order valence-electron chi connectivity index (χ3n) is 6.26. The summed E-state index contributed by atoms with van der Waals surface area (Å²) < 4.78 is 6.90. The lowest BCUT2D eigenvalue weighted by molar-refractivity contribution is -0.869. The van der Waals surface area contributed by atoms with Gasteiger partial charge in [0.1, 0.15) is 10.6 Å². The number of para-hydroxylation sites is 1. The van der Waals surface area contributed by atoms with Crippen LogP contribution in [0, 0.1) is 0 Å². The molecular formula is C28H32Cl2N3O3S2+. The minimum absolute atomic E-state index is 0.0603. The lowest BCUT2D eigenvalue weighted by atomic mass is 10.1. The molecule has 2 heterocycles. The summed E-state index contributed by atoms with van der Waals surface area (Å²) in [7, 11) is 8.13. The van der Waals surface area contributed by atoms with E-state index in [0.717, 1.165) is 32.9 Å². The van der Waals surface area contributed by atoms with E-state index < -0.39 is 0 Å². The van der Waals surface area contributed by atoms with Gasteiger partial charge in [-0.2, -0.15) is 0 Å². The maximum absolute atomic E-state index is 13.5. The number of hydrogen-bond acceptors (Lipinski definition) is 5. The second kappa shape index (κ2) is 12.3. The highest BCUT2D eigenvalue weighted by molar-refractivity contribution is 7.99. The zero-order valence-electron chi connectivity index (χ0n) is 22.0. The van der Waals surface area contributed by atoms with Crippen molar-refractivity contribution in [2.45, 2.75) is 17.7 Å². The van der Waals surface area contributed by atoms with Gasteiger partial charge in [0.15, 0.2) is 5.75 Å². The molecule has 2 aromatic carbocycles. The fraction of sp³-hybridized carbons (Fsp3) is 0.357. The minimum atomic E-state index is -0.102. The van der Waals surface area contributed by atoms with Crippen LogP contribution in [0.3, 0.4) is 0 Å². The number of fused-ring (bicyclic) bond motifs is 1. The maximum atomic E-state index is 13.5. The molecule has 0 spiro atoms. The zero-order valence-corrected chi connectivity index (χ0v) is 25.1. The molecule has 202 valence electrons. The molecule has 0 fully saturated rings. The van der Waals surface area contributed by atoms with Crippen LogP contribution in [0.5, 0.6) is 11.5 Å². The van der Waals surface area contributed by atoms with E-state index >= 15 is 0 Å². The monoisotopic (exact) mass is 592 g/mol. The van der Waals surface area contributed by atoms with Crippen molar-refractivity contribution in [3.05, 3.63) is 68.3 Å². The molecule has 1 aliphatic heterocycles. The SMILES string of the molecule is CN(CC[N+](C)(C)C)C(=O)CCc1cc(Cl)c(Oc2ccsc2C(=O)N2CCSc3ccccc32)cc1Cl. The van der Waals surface area contributed by atoms with Crippen molar-refractivity contribution in [2.75, 3.05) is 58.5 Å². The van der Waals surface area contributed by atoms with Crippen LogP contribution in [0.25, 0.3) is 0 Å². The summed E-state index contributed by atoms with van der Waals surface area (Å²) in [6, 6.07) is 13.1. The van der Waals surface area contributed by atoms with E-state index in [1.54, 1.807) is 39.8 Å². The van der Waals surface area contributed by atoms with Gasteiger partial charge in [-0.05, 0) is 41.6 Å². The Morgan fingerprint density at radius 1 is 1.08 bits per heavy atom. The van der Waals surface area contributed by atoms with Gasteiger partial charge in [-0.25, -0.2) is 0 Å². The van der Waals surface area contributed by atoms with E-state index in [1.807, 2.05) is 36.7 Å². The molecule has 0 aliphatic carbocycles. The van der Waals surface area contributed by atoms with Crippen LogP contribution in [-0.2, 0) is 11.2 Å². The smallest absolute Gasteiger partial charge is 0.272 e. The Balaban J connectivity index is 1.44. The van der Waals surface area contributed by atoms with Crippen molar-refractivity contribution in [1.82, 2.24) is 4.90 Å². The van der Waals surface area contributed by atoms with Gasteiger partial charge in [-0.1, -0.05) is 35.3 Å². The molecule has 1 aliphatic rings. The summed E-state index contributed by atoms with van der Waals surface area (Å²) in [6.45, 7) is 2.19. The fourth-order valence-electron chi connectivity index (χ4n) is 4.00. The van der Waals surface area contributed by atoms with Crippen LogP contribution >= 0.6 is 46.3 Å². The Morgan fingerprint density at radius 3 is 2.61 bits per heavy atom. The Hall–Kier alpha value is -2.23. The van der Waals surface area contributed by atoms with Crippen molar-refractivity contribution in [2.24, 2.45) is 0 Å². The molecule has 4 rings (SSSR count). The molecule has 1 aromatic heterocycles. The number of ether oxygens (including phenoxy) is 1. The number of anilines is 1. The van der Waals surface area contributed by atoms with Gasteiger partial charge < -0.3 is 19.0 Å². The van der Waals surface area contributed by atoms with Crippen LogP contribution in [0.1, 0.15) is 21.7 Å². The highest BCUT2D eigenvalue weighted by atomic mass is 35.5. The van der Waals surface area contributed by atoms with E-state index in [0.29, 0.717) is 52.4 Å². The number of aryl methyl sites for hydroxylation is 1. The van der Waals surface area contributed by atoms with Crippen LogP contribution in [0.4, 0.5) is 5.69 Å². The van der Waals surface area contributed by atoms with E-state index in [2.05, 4.69) is 21.1 Å². The van der Waals surface area contributed by atoms with Gasteiger partial charge in [0.2, 0.25) is 5.91 Å². The Morgan fingerprint density at radius 2 is 1.84 bits per heavy atom. The third kappa shape index (κ3) is 7.04. The first-order valence-electron chi connectivity index (χ1n) is 12.3. The van der Waals surface area contributed by atoms with Crippen LogP contribution in [-0.4, -0.2) is 74.8 Å². The summed E-state index contributed by atoms with van der Waals surface area (Å²) in [5.74, 6) is 1.60. The van der Waals surface area contributed by atoms with E-state index in [9.17, 15) is 9.59 Å². The van der Waals surface area contributed by atoms with Gasteiger partial charge in [0.25, 0.3) is 5.91 Å². The van der Waals surface area contributed by atoms with Crippen LogP contribution < -0.4 is 9.64 Å². The number of likely N-dealkylation sites (N-methyl/N-ethyl adjacent to an activating group) is 2. The molecule has 10 heteroatoms. The first-order valence-corrected chi connectivity index (χ1v) is 15.0. The number of rotatable bonds is 9. The van der Waals surface area contributed by atoms with Crippen LogP contribution in [0.2, 0.25) is 10.0 Å². The van der Waals surface area contributed by atoms with E-state index in [-0.39, 0.29) is 11.8 Å². The zero-order chi connectivity index (χ0) is 27.4. The van der Waals surface area contributed by atoms with Gasteiger partial charge in [-0.3, -0.25) is 9.59 Å². The number of nitrogens with zero attached hydrogens (tertiary/aromatic N) is 3. The topological polar surface area (TPSA) is 49.9 Å². The van der Waals surface area contributed by atoms with E-state index in [1.165, 1.54) is 11.3 Å². The molecule has 3 aromatic rings. The number of carbonyl (C=O) groups is 2. The largest absolute Gasteiger partial charge is 0.454 e. The molecule has 0 saturated carbocycles. The molecule has 0 radical (unpaired) electrons. The fourth-order valence-corrected chi connectivity index (χ4v) is 6.23. The number of benzene rings is 2. The molecule has 0 bridgehead atoms. The molecular weight excluding hydrogens is 561 g/mol. The second-order valence-corrected chi connectivity index (χ2v) is 13.1. The highest BCUT2D eigenvalue weighted by Gasteiger charge is 2.27. The van der Waals surface area contributed by atoms with Gasteiger partial charge in [0.05, 0.1) is 44.9 Å². The van der Waals surface area contributed by atoms with Crippen molar-refractivity contribution < 1.29 is 18.8 Å². The Labute approximate surface area is 242 Å². The first-order chi connectivity index (χ1) is 18.0. The van der Waals surface area contributed by atoms with Gasteiger partial charge >= 0.3 is 0 Å². The number of thioether (sulfide) groups is 1. The number of carbonyl (C=O) groups excluding carboxylic acids is 2. The highest BCUT2D eigenvalue weighted by Crippen LogP contribution is 2.40. The average Bonchev–Trinajstić information content (AvgIpc) is 3.35. The Bertz CT molecular complexity index is 1320. The minimum Gasteiger partial charge on any atom is -0.454 e. The van der Waals surface area contributed by atoms with Crippen LogP contribution in [0.15, 0.2) is 52.7 Å². The lowest BCUT2D eigenvalue weighted by Gasteiger charge is -2.28. The summed E-state index contributed by atoms with van der Waals surface area (Å²) in [5.41, 5.74) is 1.69.